The van der Waals surface area contributed by atoms with Crippen molar-refractivity contribution in [3.05, 3.63) is 29.3 Å². The van der Waals surface area contributed by atoms with Crippen molar-refractivity contribution >= 4 is 5.97 Å². The van der Waals surface area contributed by atoms with Crippen LogP contribution in [0.2, 0.25) is 0 Å². The SMILES string of the molecule is COc1cc(C(=O)O)ccc1CN(C)C(C)C. The van der Waals surface area contributed by atoms with Crippen molar-refractivity contribution in [2.45, 2.75) is 26.4 Å². The summed E-state index contributed by atoms with van der Waals surface area (Å²) in [6.07, 6.45) is 0. The summed E-state index contributed by atoms with van der Waals surface area (Å²) >= 11 is 0. The number of hydrogen-bond donors (Lipinski definition) is 1. The van der Waals surface area contributed by atoms with Crippen LogP contribution in [0.5, 0.6) is 5.75 Å². The molecule has 0 aliphatic heterocycles. The molecule has 0 saturated heterocycles. The third kappa shape index (κ3) is 3.46. The van der Waals surface area contributed by atoms with E-state index >= 15 is 0 Å². The zero-order valence-electron chi connectivity index (χ0n) is 10.7. The molecule has 1 N–H and O–H groups in total. The van der Waals surface area contributed by atoms with Gasteiger partial charge in [-0.05, 0) is 33.0 Å². The number of aromatic carboxylic acids is 1. The van der Waals surface area contributed by atoms with Crippen LogP contribution in [0, 0.1) is 0 Å². The molecule has 0 spiro atoms. The number of methoxy groups -OCH3 is 1. The molecule has 4 nitrogen and oxygen atoms in total. The fourth-order valence-electron chi connectivity index (χ4n) is 1.46. The minimum Gasteiger partial charge on any atom is -0.496 e. The number of carbonyl (C=O) groups is 1. The first-order valence-electron chi connectivity index (χ1n) is 5.56. The van der Waals surface area contributed by atoms with Crippen molar-refractivity contribution < 1.29 is 14.6 Å². The van der Waals surface area contributed by atoms with Crippen molar-refractivity contribution in [2.24, 2.45) is 0 Å². The molecule has 4 heteroatoms. The molecule has 0 fully saturated rings. The predicted molar refractivity (Wildman–Crippen MR) is 66.6 cm³/mol. The molecule has 1 aromatic carbocycles. The van der Waals surface area contributed by atoms with Crippen LogP contribution >= 0.6 is 0 Å². The Kier molecular flexibility index (Phi) is 4.52. The van der Waals surface area contributed by atoms with E-state index in [0.717, 1.165) is 12.1 Å². The molecule has 0 aromatic heterocycles. The Morgan fingerprint density at radius 3 is 2.59 bits per heavy atom. The van der Waals surface area contributed by atoms with Crippen LogP contribution in [0.3, 0.4) is 0 Å². The second-order valence-electron chi connectivity index (χ2n) is 4.34. The van der Waals surface area contributed by atoms with E-state index < -0.39 is 5.97 Å². The van der Waals surface area contributed by atoms with E-state index in [1.807, 2.05) is 7.05 Å². The maximum absolute atomic E-state index is 10.8. The van der Waals surface area contributed by atoms with E-state index in [2.05, 4.69) is 18.7 Å². The Bertz CT molecular complexity index is 402. The molecule has 0 atom stereocenters. The van der Waals surface area contributed by atoms with Crippen LogP contribution in [0.15, 0.2) is 18.2 Å². The van der Waals surface area contributed by atoms with Crippen LogP contribution in [0.1, 0.15) is 29.8 Å². The Balaban J connectivity index is 2.96. The van der Waals surface area contributed by atoms with Crippen LogP contribution < -0.4 is 4.74 Å². The van der Waals surface area contributed by atoms with Gasteiger partial charge in [0.05, 0.1) is 12.7 Å². The third-order valence-corrected chi connectivity index (χ3v) is 2.84. The Labute approximate surface area is 102 Å². The molecule has 0 saturated carbocycles. The molecule has 0 heterocycles. The molecule has 0 bridgehead atoms. The van der Waals surface area contributed by atoms with Gasteiger partial charge in [0, 0.05) is 18.2 Å². The van der Waals surface area contributed by atoms with Gasteiger partial charge in [-0.3, -0.25) is 4.90 Å². The van der Waals surface area contributed by atoms with Crippen LogP contribution in [-0.2, 0) is 6.54 Å². The summed E-state index contributed by atoms with van der Waals surface area (Å²) in [4.78, 5) is 13.0. The number of hydrogen-bond acceptors (Lipinski definition) is 3. The van der Waals surface area contributed by atoms with Gasteiger partial charge >= 0.3 is 5.97 Å². The summed E-state index contributed by atoms with van der Waals surface area (Å²) in [6, 6.07) is 5.40. The number of carboxylic acids is 1. The van der Waals surface area contributed by atoms with Gasteiger partial charge in [-0.15, -0.1) is 0 Å². The van der Waals surface area contributed by atoms with Gasteiger partial charge in [-0.2, -0.15) is 0 Å². The van der Waals surface area contributed by atoms with E-state index in [4.69, 9.17) is 9.84 Å². The number of nitrogens with zero attached hydrogens (tertiary/aromatic N) is 1. The lowest BCUT2D eigenvalue weighted by Crippen LogP contribution is -2.25. The second kappa shape index (κ2) is 5.68. The van der Waals surface area contributed by atoms with Gasteiger partial charge < -0.3 is 9.84 Å². The lowest BCUT2D eigenvalue weighted by Gasteiger charge is -2.22. The summed E-state index contributed by atoms with van der Waals surface area (Å²) in [5, 5.41) is 8.90. The van der Waals surface area contributed by atoms with Crippen molar-refractivity contribution in [1.29, 1.82) is 0 Å². The molecule has 17 heavy (non-hydrogen) atoms. The van der Waals surface area contributed by atoms with Crippen LogP contribution in [-0.4, -0.2) is 36.2 Å². The van der Waals surface area contributed by atoms with Crippen LogP contribution in [0.25, 0.3) is 0 Å². The Morgan fingerprint density at radius 1 is 1.47 bits per heavy atom. The topological polar surface area (TPSA) is 49.8 Å². The first-order chi connectivity index (χ1) is 7.95. The molecule has 0 unspecified atom stereocenters. The second-order valence-corrected chi connectivity index (χ2v) is 4.34. The molecule has 0 radical (unpaired) electrons. The quantitative estimate of drug-likeness (QED) is 0.853. The zero-order chi connectivity index (χ0) is 13.0. The van der Waals surface area contributed by atoms with E-state index in [-0.39, 0.29) is 5.56 Å². The van der Waals surface area contributed by atoms with Gasteiger partial charge in [-0.1, -0.05) is 6.07 Å². The van der Waals surface area contributed by atoms with E-state index in [1.54, 1.807) is 25.3 Å². The van der Waals surface area contributed by atoms with Gasteiger partial charge in [0.2, 0.25) is 0 Å². The summed E-state index contributed by atoms with van der Waals surface area (Å²) in [6.45, 7) is 4.96. The summed E-state index contributed by atoms with van der Waals surface area (Å²) < 4.78 is 5.23. The lowest BCUT2D eigenvalue weighted by molar-refractivity contribution is 0.0696. The Morgan fingerprint density at radius 2 is 2.12 bits per heavy atom. The smallest absolute Gasteiger partial charge is 0.335 e. The Hall–Kier alpha value is -1.55. The maximum Gasteiger partial charge on any atom is 0.335 e. The van der Waals surface area contributed by atoms with Crippen LogP contribution in [0.4, 0.5) is 0 Å². The highest BCUT2D eigenvalue weighted by molar-refractivity contribution is 5.88. The molecule has 94 valence electrons. The third-order valence-electron chi connectivity index (χ3n) is 2.84. The van der Waals surface area contributed by atoms with Gasteiger partial charge in [-0.25, -0.2) is 4.79 Å². The molecule has 0 amide bonds. The fourth-order valence-corrected chi connectivity index (χ4v) is 1.46. The first-order valence-corrected chi connectivity index (χ1v) is 5.56. The van der Waals surface area contributed by atoms with Crippen molar-refractivity contribution in [2.75, 3.05) is 14.2 Å². The summed E-state index contributed by atoms with van der Waals surface area (Å²) in [7, 11) is 3.58. The standard InChI is InChI=1S/C13H19NO3/c1-9(2)14(3)8-11-6-5-10(13(15)16)7-12(11)17-4/h5-7,9H,8H2,1-4H3,(H,15,16). The number of rotatable bonds is 5. The van der Waals surface area contributed by atoms with E-state index in [9.17, 15) is 4.79 Å². The molecule has 1 rings (SSSR count). The number of carboxylic acid groups (broad SMARTS) is 1. The minimum absolute atomic E-state index is 0.248. The summed E-state index contributed by atoms with van der Waals surface area (Å²) in [5.41, 5.74) is 1.24. The molecule has 0 aliphatic carbocycles. The molecule has 0 aliphatic rings. The minimum atomic E-state index is -0.938. The van der Waals surface area contributed by atoms with Crippen molar-refractivity contribution in [3.8, 4) is 5.75 Å². The molecular weight excluding hydrogens is 218 g/mol. The predicted octanol–water partition coefficient (Wildman–Crippen LogP) is 2.23. The largest absolute Gasteiger partial charge is 0.496 e. The fraction of sp³-hybridized carbons (Fsp3) is 0.462. The number of ether oxygens (including phenoxy) is 1. The summed E-state index contributed by atoms with van der Waals surface area (Å²) in [5.74, 6) is -0.315. The average molecular weight is 237 g/mol. The van der Waals surface area contributed by atoms with Gasteiger partial charge in [0.1, 0.15) is 5.75 Å². The maximum atomic E-state index is 10.8. The highest BCUT2D eigenvalue weighted by atomic mass is 16.5. The monoisotopic (exact) mass is 237 g/mol. The highest BCUT2D eigenvalue weighted by Crippen LogP contribution is 2.22. The average Bonchev–Trinajstić information content (AvgIpc) is 2.28. The van der Waals surface area contributed by atoms with Crippen molar-refractivity contribution in [1.82, 2.24) is 4.90 Å². The lowest BCUT2D eigenvalue weighted by atomic mass is 10.1. The van der Waals surface area contributed by atoms with E-state index in [0.29, 0.717) is 11.8 Å². The van der Waals surface area contributed by atoms with E-state index in [1.165, 1.54) is 0 Å². The first kappa shape index (κ1) is 13.5. The molecular formula is C13H19NO3. The van der Waals surface area contributed by atoms with Gasteiger partial charge in [0.25, 0.3) is 0 Å². The van der Waals surface area contributed by atoms with Gasteiger partial charge in [0.15, 0.2) is 0 Å². The normalized spacial score (nSPS) is 10.9. The zero-order valence-corrected chi connectivity index (χ0v) is 10.7. The highest BCUT2D eigenvalue weighted by Gasteiger charge is 2.11. The van der Waals surface area contributed by atoms with Crippen molar-refractivity contribution in [3.63, 3.8) is 0 Å². The number of benzene rings is 1. The molecule has 1 aromatic rings.